The fourth-order valence-electron chi connectivity index (χ4n) is 3.68. The van der Waals surface area contributed by atoms with Crippen LogP contribution in [0.4, 0.5) is 0 Å². The minimum atomic E-state index is 0.978. The minimum Gasteiger partial charge on any atom is -0.0622 e. The SMILES string of the molecule is c1ccc(Cc2cccc(Cc3ccccc3)c2Cc2ccccc2)cc1. The lowest BCUT2D eigenvalue weighted by molar-refractivity contribution is 1.03. The Labute approximate surface area is 162 Å². The van der Waals surface area contributed by atoms with E-state index in [9.17, 15) is 0 Å². The molecule has 0 aliphatic heterocycles. The Balaban J connectivity index is 1.72. The van der Waals surface area contributed by atoms with Gasteiger partial charge in [0, 0.05) is 0 Å². The van der Waals surface area contributed by atoms with Gasteiger partial charge in [0.25, 0.3) is 0 Å². The molecule has 4 rings (SSSR count). The van der Waals surface area contributed by atoms with Gasteiger partial charge in [-0.15, -0.1) is 0 Å². The average molecular weight is 348 g/mol. The summed E-state index contributed by atoms with van der Waals surface area (Å²) in [6.45, 7) is 0. The van der Waals surface area contributed by atoms with E-state index in [2.05, 4.69) is 109 Å². The van der Waals surface area contributed by atoms with Gasteiger partial charge in [0.1, 0.15) is 0 Å². The van der Waals surface area contributed by atoms with Crippen LogP contribution in [0.5, 0.6) is 0 Å². The van der Waals surface area contributed by atoms with E-state index in [0.717, 1.165) is 19.3 Å². The summed E-state index contributed by atoms with van der Waals surface area (Å²) in [5.74, 6) is 0. The molecule has 27 heavy (non-hydrogen) atoms. The molecule has 0 aliphatic carbocycles. The van der Waals surface area contributed by atoms with Crippen molar-refractivity contribution < 1.29 is 0 Å². The molecule has 4 aromatic carbocycles. The Kier molecular flexibility index (Phi) is 5.45. The molecule has 0 spiro atoms. The van der Waals surface area contributed by atoms with E-state index in [1.807, 2.05) is 0 Å². The molecule has 0 saturated heterocycles. The number of hydrogen-bond acceptors (Lipinski definition) is 0. The Morgan fingerprint density at radius 1 is 0.333 bits per heavy atom. The van der Waals surface area contributed by atoms with Crippen LogP contribution in [0.2, 0.25) is 0 Å². The molecule has 0 bridgehead atoms. The molecule has 0 atom stereocenters. The van der Waals surface area contributed by atoms with E-state index >= 15 is 0 Å². The van der Waals surface area contributed by atoms with Crippen LogP contribution >= 0.6 is 0 Å². The third-order valence-corrected chi connectivity index (χ3v) is 5.07. The zero-order valence-corrected chi connectivity index (χ0v) is 15.5. The van der Waals surface area contributed by atoms with Crippen LogP contribution in [0.15, 0.2) is 109 Å². The lowest BCUT2D eigenvalue weighted by Crippen LogP contribution is -2.03. The van der Waals surface area contributed by atoms with Crippen molar-refractivity contribution in [2.75, 3.05) is 0 Å². The predicted octanol–water partition coefficient (Wildman–Crippen LogP) is 6.46. The molecular formula is C27H24. The summed E-state index contributed by atoms with van der Waals surface area (Å²) in [5, 5.41) is 0. The second-order valence-corrected chi connectivity index (χ2v) is 7.04. The number of hydrogen-bond donors (Lipinski definition) is 0. The Bertz CT molecular complexity index is 910. The van der Waals surface area contributed by atoms with Gasteiger partial charge in [-0.3, -0.25) is 0 Å². The first-order chi connectivity index (χ1) is 13.4. The van der Waals surface area contributed by atoms with Gasteiger partial charge in [-0.25, -0.2) is 0 Å². The molecule has 0 radical (unpaired) electrons. The summed E-state index contributed by atoms with van der Waals surface area (Å²) in [4.78, 5) is 0. The largest absolute Gasteiger partial charge is 0.0622 e. The highest BCUT2D eigenvalue weighted by Gasteiger charge is 2.11. The fraction of sp³-hybridized carbons (Fsp3) is 0.111. The molecule has 0 heterocycles. The second-order valence-electron chi connectivity index (χ2n) is 7.04. The minimum absolute atomic E-state index is 0.978. The standard InChI is InChI=1S/C27H24/c1-4-11-22(12-5-1)19-25-17-10-18-26(20-23-13-6-2-7-14-23)27(25)21-24-15-8-3-9-16-24/h1-18H,19-21H2. The highest BCUT2D eigenvalue weighted by atomic mass is 14.2. The topological polar surface area (TPSA) is 0 Å². The Hall–Kier alpha value is -3.12. The van der Waals surface area contributed by atoms with Gasteiger partial charge < -0.3 is 0 Å². The summed E-state index contributed by atoms with van der Waals surface area (Å²) in [7, 11) is 0. The highest BCUT2D eigenvalue weighted by Crippen LogP contribution is 2.24. The van der Waals surface area contributed by atoms with Crippen LogP contribution in [0.25, 0.3) is 0 Å². The van der Waals surface area contributed by atoms with E-state index in [-0.39, 0.29) is 0 Å². The summed E-state index contributed by atoms with van der Waals surface area (Å²) in [6, 6.07) is 39.1. The number of benzene rings is 4. The van der Waals surface area contributed by atoms with E-state index in [1.165, 1.54) is 33.4 Å². The van der Waals surface area contributed by atoms with Crippen molar-refractivity contribution in [2.45, 2.75) is 19.3 Å². The molecular weight excluding hydrogens is 324 g/mol. The smallest absolute Gasteiger partial charge is 0.00201 e. The van der Waals surface area contributed by atoms with Crippen molar-refractivity contribution in [1.29, 1.82) is 0 Å². The first-order valence-electron chi connectivity index (χ1n) is 9.60. The van der Waals surface area contributed by atoms with Crippen LogP contribution in [0, 0.1) is 0 Å². The van der Waals surface area contributed by atoms with E-state index in [1.54, 1.807) is 0 Å². The lowest BCUT2D eigenvalue weighted by Gasteiger charge is -2.16. The first-order valence-corrected chi connectivity index (χ1v) is 9.60. The molecule has 0 amide bonds. The van der Waals surface area contributed by atoms with Crippen LogP contribution in [0.3, 0.4) is 0 Å². The molecule has 0 nitrogen and oxygen atoms in total. The van der Waals surface area contributed by atoms with Gasteiger partial charge in [0.05, 0.1) is 0 Å². The molecule has 4 aromatic rings. The van der Waals surface area contributed by atoms with Crippen molar-refractivity contribution >= 4 is 0 Å². The summed E-state index contributed by atoms with van der Waals surface area (Å²) < 4.78 is 0. The molecule has 0 aromatic heterocycles. The van der Waals surface area contributed by atoms with Crippen LogP contribution in [-0.2, 0) is 19.3 Å². The van der Waals surface area contributed by atoms with Gasteiger partial charge in [0.2, 0.25) is 0 Å². The van der Waals surface area contributed by atoms with Gasteiger partial charge in [-0.05, 0) is 52.6 Å². The van der Waals surface area contributed by atoms with Crippen LogP contribution < -0.4 is 0 Å². The Morgan fingerprint density at radius 3 is 1.11 bits per heavy atom. The third kappa shape index (κ3) is 4.54. The van der Waals surface area contributed by atoms with E-state index in [4.69, 9.17) is 0 Å². The van der Waals surface area contributed by atoms with Crippen molar-refractivity contribution in [3.8, 4) is 0 Å². The molecule has 0 aliphatic rings. The molecule has 0 heteroatoms. The highest BCUT2D eigenvalue weighted by molar-refractivity contribution is 5.43. The van der Waals surface area contributed by atoms with Crippen molar-refractivity contribution in [3.05, 3.63) is 143 Å². The predicted molar refractivity (Wildman–Crippen MR) is 114 cm³/mol. The molecule has 0 unspecified atom stereocenters. The quantitative estimate of drug-likeness (QED) is 0.375. The zero-order valence-electron chi connectivity index (χ0n) is 15.5. The fourth-order valence-corrected chi connectivity index (χ4v) is 3.68. The van der Waals surface area contributed by atoms with Crippen molar-refractivity contribution in [2.24, 2.45) is 0 Å². The van der Waals surface area contributed by atoms with Gasteiger partial charge in [-0.2, -0.15) is 0 Å². The summed E-state index contributed by atoms with van der Waals surface area (Å²) in [5.41, 5.74) is 8.42. The van der Waals surface area contributed by atoms with E-state index < -0.39 is 0 Å². The maximum atomic E-state index is 2.29. The lowest BCUT2D eigenvalue weighted by atomic mass is 9.89. The molecule has 0 N–H and O–H groups in total. The summed E-state index contributed by atoms with van der Waals surface area (Å²) in [6.07, 6.45) is 2.93. The van der Waals surface area contributed by atoms with Crippen LogP contribution in [0.1, 0.15) is 33.4 Å². The normalized spacial score (nSPS) is 10.7. The Morgan fingerprint density at radius 2 is 0.704 bits per heavy atom. The van der Waals surface area contributed by atoms with Gasteiger partial charge in [0.15, 0.2) is 0 Å². The first kappa shape index (κ1) is 17.3. The molecule has 0 fully saturated rings. The third-order valence-electron chi connectivity index (χ3n) is 5.07. The van der Waals surface area contributed by atoms with Crippen LogP contribution in [-0.4, -0.2) is 0 Å². The monoisotopic (exact) mass is 348 g/mol. The van der Waals surface area contributed by atoms with Gasteiger partial charge in [-0.1, -0.05) is 109 Å². The molecule has 0 saturated carbocycles. The zero-order chi connectivity index (χ0) is 18.3. The maximum Gasteiger partial charge on any atom is -0.00201 e. The van der Waals surface area contributed by atoms with Crippen molar-refractivity contribution in [3.63, 3.8) is 0 Å². The maximum absolute atomic E-state index is 2.29. The van der Waals surface area contributed by atoms with Gasteiger partial charge >= 0.3 is 0 Å². The molecule has 132 valence electrons. The number of rotatable bonds is 6. The second kappa shape index (κ2) is 8.51. The van der Waals surface area contributed by atoms with E-state index in [0.29, 0.717) is 0 Å². The summed E-state index contributed by atoms with van der Waals surface area (Å²) >= 11 is 0. The average Bonchev–Trinajstić information content (AvgIpc) is 2.73. The van der Waals surface area contributed by atoms with Crippen molar-refractivity contribution in [1.82, 2.24) is 0 Å².